The second kappa shape index (κ2) is 5.13. The molecule has 0 bridgehead atoms. The Kier molecular flexibility index (Phi) is 4.86. The summed E-state index contributed by atoms with van der Waals surface area (Å²) >= 11 is 0. The van der Waals surface area contributed by atoms with Gasteiger partial charge in [-0.3, -0.25) is 0 Å². The third-order valence-corrected chi connectivity index (χ3v) is 1.75. The maximum atomic E-state index is 10.6. The fourth-order valence-corrected chi connectivity index (χ4v) is 0.873. The van der Waals surface area contributed by atoms with E-state index in [1.54, 1.807) is 6.92 Å². The van der Waals surface area contributed by atoms with Crippen molar-refractivity contribution in [2.45, 2.75) is 33.3 Å². The number of hydrogen-bond acceptors (Lipinski definition) is 2. The maximum Gasteiger partial charge on any atom is 0.333 e. The normalized spacial score (nSPS) is 15.9. The van der Waals surface area contributed by atoms with E-state index in [4.69, 9.17) is 9.84 Å². The summed E-state index contributed by atoms with van der Waals surface area (Å²) in [6.45, 7) is 6.10. The van der Waals surface area contributed by atoms with Crippen molar-refractivity contribution in [3.63, 3.8) is 0 Å². The molecule has 0 aromatic carbocycles. The molecule has 0 amide bonds. The predicted octanol–water partition coefficient (Wildman–Crippen LogP) is 1.52. The summed E-state index contributed by atoms with van der Waals surface area (Å²) in [5, 5.41) is 8.68. The number of aliphatic carboxylic acids is 1. The van der Waals surface area contributed by atoms with Crippen LogP contribution in [0.15, 0.2) is 0 Å². The average Bonchev–Trinajstić information content (AvgIpc) is 1.98. The Balaban J connectivity index is 3.97. The molecule has 0 radical (unpaired) electrons. The summed E-state index contributed by atoms with van der Waals surface area (Å²) < 4.78 is 5.06. The number of hydrogen-bond donors (Lipinski definition) is 1. The lowest BCUT2D eigenvalue weighted by Gasteiger charge is -2.17. The van der Waals surface area contributed by atoms with Crippen LogP contribution >= 0.6 is 0 Å². The zero-order valence-corrected chi connectivity index (χ0v) is 7.33. The van der Waals surface area contributed by atoms with Crippen molar-refractivity contribution < 1.29 is 14.6 Å². The van der Waals surface area contributed by atoms with Gasteiger partial charge < -0.3 is 9.84 Å². The van der Waals surface area contributed by atoms with E-state index in [1.807, 2.05) is 13.8 Å². The molecule has 3 heteroatoms. The molecule has 0 aromatic heterocycles. The molecular formula is C8H16O3. The van der Waals surface area contributed by atoms with Gasteiger partial charge in [0, 0.05) is 6.61 Å². The van der Waals surface area contributed by atoms with E-state index in [0.29, 0.717) is 6.61 Å². The summed E-state index contributed by atoms with van der Waals surface area (Å²) in [5.74, 6) is -0.770. The van der Waals surface area contributed by atoms with Gasteiger partial charge in [-0.15, -0.1) is 0 Å². The van der Waals surface area contributed by atoms with E-state index in [9.17, 15) is 4.79 Å². The fourth-order valence-electron chi connectivity index (χ4n) is 0.873. The molecule has 0 saturated heterocycles. The minimum absolute atomic E-state index is 0.0902. The lowest BCUT2D eigenvalue weighted by atomic mass is 10.0. The highest BCUT2D eigenvalue weighted by atomic mass is 16.5. The lowest BCUT2D eigenvalue weighted by Crippen LogP contribution is -2.30. The molecule has 2 atom stereocenters. The van der Waals surface area contributed by atoms with Crippen LogP contribution in [0.5, 0.6) is 0 Å². The summed E-state index contributed by atoms with van der Waals surface area (Å²) in [6.07, 6.45) is 0.196. The first kappa shape index (κ1) is 10.4. The molecule has 2 unspecified atom stereocenters. The molecule has 0 aromatic rings. The van der Waals surface area contributed by atoms with Crippen molar-refractivity contribution in [2.75, 3.05) is 6.61 Å². The number of rotatable bonds is 5. The molecule has 1 N–H and O–H groups in total. The highest BCUT2D eigenvalue weighted by Gasteiger charge is 2.22. The summed E-state index contributed by atoms with van der Waals surface area (Å²) in [6, 6.07) is 0. The molecule has 0 rings (SSSR count). The van der Waals surface area contributed by atoms with Crippen molar-refractivity contribution >= 4 is 5.97 Å². The molecule has 3 nitrogen and oxygen atoms in total. The van der Waals surface area contributed by atoms with Crippen molar-refractivity contribution in [1.82, 2.24) is 0 Å². The Morgan fingerprint density at radius 2 is 2.09 bits per heavy atom. The Morgan fingerprint density at radius 3 is 2.36 bits per heavy atom. The van der Waals surface area contributed by atoms with E-state index in [0.717, 1.165) is 6.42 Å². The Bertz CT molecular complexity index is 123. The van der Waals surface area contributed by atoms with Crippen molar-refractivity contribution in [3.8, 4) is 0 Å². The zero-order valence-electron chi connectivity index (χ0n) is 7.33. The second-order valence-electron chi connectivity index (χ2n) is 2.60. The third-order valence-electron chi connectivity index (χ3n) is 1.75. The number of carboxylic acids is 1. The number of ether oxygens (including phenoxy) is 1. The van der Waals surface area contributed by atoms with Gasteiger partial charge in [0.15, 0.2) is 6.10 Å². The van der Waals surface area contributed by atoms with Crippen LogP contribution in [0.1, 0.15) is 27.2 Å². The molecule has 66 valence electrons. The van der Waals surface area contributed by atoms with Crippen LogP contribution in [0.3, 0.4) is 0 Å². The fraction of sp³-hybridized carbons (Fsp3) is 0.875. The molecule has 0 aliphatic carbocycles. The van der Waals surface area contributed by atoms with Gasteiger partial charge in [-0.25, -0.2) is 4.79 Å². The first-order chi connectivity index (χ1) is 5.13. The average molecular weight is 160 g/mol. The second-order valence-corrected chi connectivity index (χ2v) is 2.60. The summed E-state index contributed by atoms with van der Waals surface area (Å²) in [4.78, 5) is 10.6. The van der Waals surface area contributed by atoms with E-state index in [2.05, 4.69) is 0 Å². The Morgan fingerprint density at radius 1 is 1.55 bits per heavy atom. The molecule has 0 aliphatic rings. The quantitative estimate of drug-likeness (QED) is 0.663. The minimum atomic E-state index is -0.860. The Hall–Kier alpha value is -0.570. The SMILES string of the molecule is CCOC(C(=O)O)C(C)CC. The Labute approximate surface area is 67.4 Å². The topological polar surface area (TPSA) is 46.5 Å². The molecule has 0 saturated carbocycles. The monoisotopic (exact) mass is 160 g/mol. The molecule has 0 spiro atoms. The van der Waals surface area contributed by atoms with Gasteiger partial charge in [-0.05, 0) is 12.8 Å². The standard InChI is InChI=1S/C8H16O3/c1-4-6(3)7(8(9)10)11-5-2/h6-7H,4-5H2,1-3H3,(H,9,10). The van der Waals surface area contributed by atoms with Crippen LogP contribution in [0.25, 0.3) is 0 Å². The smallest absolute Gasteiger partial charge is 0.333 e. The number of carbonyl (C=O) groups is 1. The van der Waals surface area contributed by atoms with Gasteiger partial charge in [0.05, 0.1) is 0 Å². The number of carboxylic acid groups (broad SMARTS) is 1. The van der Waals surface area contributed by atoms with Gasteiger partial charge in [-0.1, -0.05) is 20.3 Å². The lowest BCUT2D eigenvalue weighted by molar-refractivity contribution is -0.153. The van der Waals surface area contributed by atoms with Crippen molar-refractivity contribution in [1.29, 1.82) is 0 Å². The predicted molar refractivity (Wildman–Crippen MR) is 42.5 cm³/mol. The minimum Gasteiger partial charge on any atom is -0.479 e. The molecule has 11 heavy (non-hydrogen) atoms. The van der Waals surface area contributed by atoms with Crippen LogP contribution in [0.4, 0.5) is 0 Å². The van der Waals surface area contributed by atoms with E-state index in [-0.39, 0.29) is 5.92 Å². The van der Waals surface area contributed by atoms with E-state index >= 15 is 0 Å². The summed E-state index contributed by atoms with van der Waals surface area (Å²) in [7, 11) is 0. The van der Waals surface area contributed by atoms with Gasteiger partial charge >= 0.3 is 5.97 Å². The largest absolute Gasteiger partial charge is 0.479 e. The zero-order chi connectivity index (χ0) is 8.85. The van der Waals surface area contributed by atoms with Crippen LogP contribution in [-0.2, 0) is 9.53 Å². The van der Waals surface area contributed by atoms with Crippen molar-refractivity contribution in [2.24, 2.45) is 5.92 Å². The first-order valence-corrected chi connectivity index (χ1v) is 3.97. The molecule has 0 fully saturated rings. The van der Waals surface area contributed by atoms with Crippen LogP contribution < -0.4 is 0 Å². The molecule has 0 aliphatic heterocycles. The van der Waals surface area contributed by atoms with Gasteiger partial charge in [0.25, 0.3) is 0 Å². The summed E-state index contributed by atoms with van der Waals surface area (Å²) in [5.41, 5.74) is 0. The van der Waals surface area contributed by atoms with Gasteiger partial charge in [0.2, 0.25) is 0 Å². The van der Waals surface area contributed by atoms with E-state index < -0.39 is 12.1 Å². The first-order valence-electron chi connectivity index (χ1n) is 3.97. The molecule has 0 heterocycles. The van der Waals surface area contributed by atoms with Gasteiger partial charge in [-0.2, -0.15) is 0 Å². The highest BCUT2D eigenvalue weighted by molar-refractivity contribution is 5.72. The molecular weight excluding hydrogens is 144 g/mol. The van der Waals surface area contributed by atoms with Crippen LogP contribution in [0, 0.1) is 5.92 Å². The van der Waals surface area contributed by atoms with Crippen molar-refractivity contribution in [3.05, 3.63) is 0 Å². The van der Waals surface area contributed by atoms with Crippen LogP contribution in [-0.4, -0.2) is 23.8 Å². The van der Waals surface area contributed by atoms with Crippen LogP contribution in [0.2, 0.25) is 0 Å². The highest BCUT2D eigenvalue weighted by Crippen LogP contribution is 2.11. The van der Waals surface area contributed by atoms with E-state index in [1.165, 1.54) is 0 Å². The maximum absolute atomic E-state index is 10.6. The third kappa shape index (κ3) is 3.37. The van der Waals surface area contributed by atoms with Gasteiger partial charge in [0.1, 0.15) is 0 Å².